The van der Waals surface area contributed by atoms with E-state index in [0.717, 1.165) is 50.7 Å². The van der Waals surface area contributed by atoms with Crippen LogP contribution in [0.15, 0.2) is 16.8 Å². The lowest BCUT2D eigenvalue weighted by Crippen LogP contribution is -2.56. The van der Waals surface area contributed by atoms with Gasteiger partial charge >= 0.3 is 5.97 Å². The molecule has 0 saturated heterocycles. The first-order valence-electron chi connectivity index (χ1n) is 15.3. The minimum atomic E-state index is -1.49. The lowest BCUT2D eigenvalue weighted by molar-refractivity contribution is -0.145. The number of fused-ring (bicyclic) bond motifs is 5. The number of terminal acetylenes is 1. The lowest BCUT2D eigenvalue weighted by Gasteiger charge is -2.58. The molecule has 0 bridgehead atoms. The fourth-order valence-electron chi connectivity index (χ4n) is 8.45. The maximum absolute atomic E-state index is 12.7. The third kappa shape index (κ3) is 5.70. The normalized spacial score (nSPS) is 36.8. The predicted octanol–water partition coefficient (Wildman–Crippen LogP) is 2.78. The Hall–Kier alpha value is -2.90. The molecule has 5 N–H and O–H groups in total. The number of aliphatic hydroxyl groups excluding tert-OH is 1. The van der Waals surface area contributed by atoms with Crippen LogP contribution in [-0.2, 0) is 19.2 Å². The van der Waals surface area contributed by atoms with Crippen LogP contribution in [-0.4, -0.2) is 69.2 Å². The minimum Gasteiger partial charge on any atom is -0.480 e. The third-order valence-electron chi connectivity index (χ3n) is 11.1. The van der Waals surface area contributed by atoms with Crippen molar-refractivity contribution in [3.63, 3.8) is 0 Å². The molecule has 10 nitrogen and oxygen atoms in total. The highest BCUT2D eigenvalue weighted by Crippen LogP contribution is 2.67. The van der Waals surface area contributed by atoms with Crippen LogP contribution in [0.25, 0.3) is 0 Å². The average molecular weight is 586 g/mol. The Morgan fingerprint density at radius 1 is 1.07 bits per heavy atom. The van der Waals surface area contributed by atoms with Crippen molar-refractivity contribution >= 4 is 23.5 Å². The SMILES string of the molecule is C#C[C@@]1(O)CC[C@H]2[C@@H]3CCC4=C/C(=N\OCC(=O)N[C@H](C(=O)N[C@@H](C(=O)O)[C@H](C)O)C(C)C)CC[C@]4(C)[C@H]3CC[C@@]21C. The van der Waals surface area contributed by atoms with E-state index in [4.69, 9.17) is 11.3 Å². The largest absolute Gasteiger partial charge is 0.480 e. The Bertz CT molecular complexity index is 1190. The van der Waals surface area contributed by atoms with Crippen molar-refractivity contribution in [3.8, 4) is 12.3 Å². The van der Waals surface area contributed by atoms with E-state index < -0.39 is 41.6 Å². The summed E-state index contributed by atoms with van der Waals surface area (Å²) in [6.45, 7) is 8.89. The second-order valence-electron chi connectivity index (χ2n) is 13.7. The van der Waals surface area contributed by atoms with Crippen LogP contribution < -0.4 is 10.6 Å². The molecule has 4 rings (SSSR count). The van der Waals surface area contributed by atoms with E-state index in [2.05, 4.69) is 41.6 Å². The van der Waals surface area contributed by atoms with E-state index >= 15 is 0 Å². The summed E-state index contributed by atoms with van der Waals surface area (Å²) in [5.74, 6) is 1.31. The van der Waals surface area contributed by atoms with Gasteiger partial charge in [0.05, 0.1) is 11.8 Å². The summed E-state index contributed by atoms with van der Waals surface area (Å²) in [6, 6.07) is -2.49. The Labute approximate surface area is 248 Å². The molecule has 0 radical (unpaired) electrons. The number of hydrogen-bond acceptors (Lipinski definition) is 7. The Kier molecular flexibility index (Phi) is 9.15. The van der Waals surface area contributed by atoms with Crippen molar-refractivity contribution in [1.82, 2.24) is 10.6 Å². The smallest absolute Gasteiger partial charge is 0.328 e. The molecule has 0 aromatic heterocycles. The number of oxime groups is 1. The van der Waals surface area contributed by atoms with Gasteiger partial charge in [-0.1, -0.05) is 44.3 Å². The van der Waals surface area contributed by atoms with Gasteiger partial charge in [-0.2, -0.15) is 0 Å². The summed E-state index contributed by atoms with van der Waals surface area (Å²) >= 11 is 0. The molecule has 42 heavy (non-hydrogen) atoms. The first kappa shape index (κ1) is 32.0. The van der Waals surface area contributed by atoms with Crippen LogP contribution in [0.5, 0.6) is 0 Å². The average Bonchev–Trinajstić information content (AvgIpc) is 3.20. The van der Waals surface area contributed by atoms with Gasteiger partial charge in [0.15, 0.2) is 12.6 Å². The first-order chi connectivity index (χ1) is 19.7. The summed E-state index contributed by atoms with van der Waals surface area (Å²) in [5, 5.41) is 39.2. The van der Waals surface area contributed by atoms with Crippen LogP contribution in [0.2, 0.25) is 0 Å². The second kappa shape index (κ2) is 12.0. The standard InChI is InChI=1S/C32H47N3O7/c1-7-32(41)15-12-24-22-9-8-20-16-21(10-13-30(20,5)23(22)11-14-31(24,32)6)35-42-17-25(37)33-26(18(2)3)28(38)34-27(19(4)36)29(39)40/h1,16,18-19,22-24,26-27,36,41H,8-15,17H2,2-6H3,(H,33,37)(H,34,38)(H,39,40)/b35-21-/t19-,22+,23-,24-,26-,27+,30-,31-,32+/m0/s1. The van der Waals surface area contributed by atoms with Gasteiger partial charge in [0.1, 0.15) is 11.6 Å². The van der Waals surface area contributed by atoms with Gasteiger partial charge < -0.3 is 30.8 Å². The fourth-order valence-corrected chi connectivity index (χ4v) is 8.45. The van der Waals surface area contributed by atoms with Crippen LogP contribution in [0, 0.1) is 46.8 Å². The highest BCUT2D eigenvalue weighted by molar-refractivity contribution is 5.96. The predicted molar refractivity (Wildman–Crippen MR) is 157 cm³/mol. The third-order valence-corrected chi connectivity index (χ3v) is 11.1. The number of aliphatic carboxylic acids is 1. The monoisotopic (exact) mass is 585 g/mol. The number of hydrogen-bond donors (Lipinski definition) is 5. The van der Waals surface area contributed by atoms with Gasteiger partial charge in [-0.05, 0) is 93.5 Å². The van der Waals surface area contributed by atoms with Gasteiger partial charge in [-0.25, -0.2) is 4.79 Å². The maximum atomic E-state index is 12.7. The number of carboxylic acid groups (broad SMARTS) is 1. The van der Waals surface area contributed by atoms with Gasteiger partial charge in [-0.15, -0.1) is 6.42 Å². The second-order valence-corrected chi connectivity index (χ2v) is 13.7. The molecule has 0 aromatic carbocycles. The Morgan fingerprint density at radius 3 is 2.38 bits per heavy atom. The molecule has 3 saturated carbocycles. The quantitative estimate of drug-likeness (QED) is 0.206. The number of carboxylic acids is 1. The summed E-state index contributed by atoms with van der Waals surface area (Å²) in [4.78, 5) is 42.0. The number of amides is 2. The van der Waals surface area contributed by atoms with E-state index in [1.165, 1.54) is 12.5 Å². The first-order valence-corrected chi connectivity index (χ1v) is 15.3. The topological polar surface area (TPSA) is 158 Å². The van der Waals surface area contributed by atoms with Gasteiger partial charge in [0.25, 0.3) is 5.91 Å². The molecule has 3 fully saturated rings. The molecule has 0 spiro atoms. The maximum Gasteiger partial charge on any atom is 0.328 e. The summed E-state index contributed by atoms with van der Waals surface area (Å²) in [5.41, 5.74) is 0.998. The Morgan fingerprint density at radius 2 is 1.76 bits per heavy atom. The minimum absolute atomic E-state index is 0.0647. The van der Waals surface area contributed by atoms with E-state index in [0.29, 0.717) is 24.2 Å². The number of aliphatic hydroxyl groups is 2. The Balaban J connectivity index is 1.36. The number of nitrogens with one attached hydrogen (secondary N) is 2. The van der Waals surface area contributed by atoms with E-state index in [9.17, 15) is 29.7 Å². The molecule has 0 aliphatic heterocycles. The van der Waals surface area contributed by atoms with Crippen LogP contribution in [0.1, 0.15) is 86.0 Å². The van der Waals surface area contributed by atoms with Crippen LogP contribution >= 0.6 is 0 Å². The molecule has 0 unspecified atom stereocenters. The molecule has 9 atom stereocenters. The summed E-state index contributed by atoms with van der Waals surface area (Å²) in [7, 11) is 0. The summed E-state index contributed by atoms with van der Waals surface area (Å²) < 4.78 is 0. The van der Waals surface area contributed by atoms with Crippen LogP contribution in [0.4, 0.5) is 0 Å². The van der Waals surface area contributed by atoms with Crippen LogP contribution in [0.3, 0.4) is 0 Å². The number of rotatable bonds is 9. The van der Waals surface area contributed by atoms with Crippen molar-refractivity contribution in [2.75, 3.05) is 6.61 Å². The molecular weight excluding hydrogens is 538 g/mol. The van der Waals surface area contributed by atoms with Crippen molar-refractivity contribution in [1.29, 1.82) is 0 Å². The number of carbonyl (C=O) groups excluding carboxylic acids is 2. The highest BCUT2D eigenvalue weighted by atomic mass is 16.6. The van der Waals surface area contributed by atoms with Gasteiger partial charge in [0, 0.05) is 5.41 Å². The molecule has 2 amide bonds. The zero-order valence-electron chi connectivity index (χ0n) is 25.5. The molecular formula is C32H47N3O7. The molecule has 0 aromatic rings. The van der Waals surface area contributed by atoms with E-state index in [-0.39, 0.29) is 23.4 Å². The van der Waals surface area contributed by atoms with Crippen molar-refractivity contribution < 1.29 is 34.5 Å². The molecule has 4 aliphatic rings. The molecule has 4 aliphatic carbocycles. The molecule has 0 heterocycles. The summed E-state index contributed by atoms with van der Waals surface area (Å²) in [6.07, 6.45) is 14.0. The lowest BCUT2D eigenvalue weighted by atomic mass is 9.46. The fraction of sp³-hybridized carbons (Fsp3) is 0.750. The number of allylic oxidation sites excluding steroid dienone is 2. The number of nitrogens with zero attached hydrogens (tertiary/aromatic N) is 1. The van der Waals surface area contributed by atoms with Gasteiger partial charge in [-0.3, -0.25) is 9.59 Å². The van der Waals surface area contributed by atoms with E-state index in [1.807, 2.05) is 0 Å². The molecule has 10 heteroatoms. The zero-order valence-corrected chi connectivity index (χ0v) is 25.5. The highest BCUT2D eigenvalue weighted by Gasteiger charge is 2.63. The van der Waals surface area contributed by atoms with Gasteiger partial charge in [0.2, 0.25) is 5.91 Å². The van der Waals surface area contributed by atoms with E-state index in [1.54, 1.807) is 13.8 Å². The van der Waals surface area contributed by atoms with Crippen molar-refractivity contribution in [3.05, 3.63) is 11.6 Å². The van der Waals surface area contributed by atoms with Crippen molar-refractivity contribution in [2.24, 2.45) is 39.7 Å². The molecule has 232 valence electrons. The number of carbonyl (C=O) groups is 3. The zero-order chi connectivity index (χ0) is 31.0. The van der Waals surface area contributed by atoms with Crippen molar-refractivity contribution in [2.45, 2.75) is 110 Å².